The molecule has 0 saturated carbocycles. The summed E-state index contributed by atoms with van der Waals surface area (Å²) in [4.78, 5) is 0. The van der Waals surface area contributed by atoms with Crippen molar-refractivity contribution in [2.24, 2.45) is 0 Å². The predicted octanol–water partition coefficient (Wildman–Crippen LogP) is 8.14. The van der Waals surface area contributed by atoms with Gasteiger partial charge in [-0.05, 0) is 19.3 Å². The molecule has 0 aliphatic heterocycles. The molecule has 200 valence electrons. The monoisotopic (exact) mass is 469 g/mol. The third-order valence-electron chi connectivity index (χ3n) is 6.65. The highest BCUT2D eigenvalue weighted by atomic mass is 15.5. The molecule has 0 atom stereocenters. The summed E-state index contributed by atoms with van der Waals surface area (Å²) in [6, 6.07) is 0. The number of unbranched alkanes of at least 4 members (excludes halogenated alkanes) is 18. The molecular weight excluding hydrogens is 404 g/mol. The summed E-state index contributed by atoms with van der Waals surface area (Å²) in [5.74, 6) is 0. The van der Waals surface area contributed by atoms with E-state index in [0.29, 0.717) is 0 Å². The molecule has 0 unspecified atom stereocenters. The van der Waals surface area contributed by atoms with E-state index in [1.54, 1.807) is 0 Å². The Morgan fingerprint density at radius 1 is 0.364 bits per heavy atom. The van der Waals surface area contributed by atoms with Gasteiger partial charge < -0.3 is 0 Å². The molecule has 0 aromatic heterocycles. The van der Waals surface area contributed by atoms with E-state index < -0.39 is 0 Å². The Morgan fingerprint density at radius 2 is 0.758 bits per heavy atom. The van der Waals surface area contributed by atoms with Crippen molar-refractivity contribution in [3.8, 4) is 0 Å². The maximum absolute atomic E-state index is 3.66. The lowest BCUT2D eigenvalue weighted by Crippen LogP contribution is -2.45. The zero-order chi connectivity index (χ0) is 24.1. The van der Waals surface area contributed by atoms with Crippen LogP contribution in [0.25, 0.3) is 0 Å². The number of rotatable bonds is 29. The first-order chi connectivity index (χ1) is 16.3. The summed E-state index contributed by atoms with van der Waals surface area (Å²) < 4.78 is 0. The molecule has 0 radical (unpaired) electrons. The third-order valence-corrected chi connectivity index (χ3v) is 6.65. The zero-order valence-electron chi connectivity index (χ0n) is 23.3. The van der Waals surface area contributed by atoms with Crippen molar-refractivity contribution in [1.29, 1.82) is 0 Å². The van der Waals surface area contributed by atoms with E-state index >= 15 is 0 Å². The SMILES string of the molecule is CCCCCCCCCCCCNNCCN(CCC)NCCCCCCCCCCCC. The van der Waals surface area contributed by atoms with Crippen molar-refractivity contribution >= 4 is 0 Å². The van der Waals surface area contributed by atoms with Crippen LogP contribution in [0, 0.1) is 0 Å². The van der Waals surface area contributed by atoms with Gasteiger partial charge in [0.1, 0.15) is 0 Å². The topological polar surface area (TPSA) is 39.3 Å². The predicted molar refractivity (Wildman–Crippen MR) is 150 cm³/mol. The van der Waals surface area contributed by atoms with Crippen LogP contribution in [0.1, 0.15) is 156 Å². The highest BCUT2D eigenvalue weighted by Gasteiger charge is 2.02. The van der Waals surface area contributed by atoms with Gasteiger partial charge in [0.25, 0.3) is 0 Å². The van der Waals surface area contributed by atoms with Crippen LogP contribution >= 0.6 is 0 Å². The van der Waals surface area contributed by atoms with E-state index in [4.69, 9.17) is 0 Å². The fourth-order valence-corrected chi connectivity index (χ4v) is 4.46. The van der Waals surface area contributed by atoms with Crippen molar-refractivity contribution in [3.63, 3.8) is 0 Å². The van der Waals surface area contributed by atoms with Crippen molar-refractivity contribution in [3.05, 3.63) is 0 Å². The average Bonchev–Trinajstić information content (AvgIpc) is 2.82. The Balaban J connectivity index is 3.37. The molecule has 0 bridgehead atoms. The standard InChI is InChI=1S/C29H64N4/c1-4-7-9-11-13-15-17-19-21-23-25-30-31-27-29-33(28-6-3)32-26-24-22-20-18-16-14-12-10-8-5-2/h30-32H,4-29H2,1-3H3. The summed E-state index contributed by atoms with van der Waals surface area (Å²) >= 11 is 0. The second-order valence-corrected chi connectivity index (χ2v) is 10.1. The Morgan fingerprint density at radius 3 is 1.21 bits per heavy atom. The first kappa shape index (κ1) is 32.8. The molecule has 33 heavy (non-hydrogen) atoms. The van der Waals surface area contributed by atoms with Crippen LogP contribution in [-0.2, 0) is 0 Å². The normalized spacial score (nSPS) is 11.6. The van der Waals surface area contributed by atoms with Gasteiger partial charge in [-0.1, -0.05) is 136 Å². The quantitative estimate of drug-likeness (QED) is 0.0765. The Hall–Kier alpha value is -0.160. The molecule has 0 aromatic carbocycles. The molecule has 0 rings (SSSR count). The Kier molecular flexibility index (Phi) is 29.7. The van der Waals surface area contributed by atoms with Gasteiger partial charge in [0, 0.05) is 32.7 Å². The Bertz CT molecular complexity index is 338. The molecule has 4 nitrogen and oxygen atoms in total. The van der Waals surface area contributed by atoms with E-state index in [9.17, 15) is 0 Å². The zero-order valence-corrected chi connectivity index (χ0v) is 23.3. The minimum atomic E-state index is 1.00. The fraction of sp³-hybridized carbons (Fsp3) is 1.00. The maximum atomic E-state index is 3.66. The van der Waals surface area contributed by atoms with E-state index in [0.717, 1.165) is 32.7 Å². The van der Waals surface area contributed by atoms with Crippen LogP contribution in [-0.4, -0.2) is 37.7 Å². The summed E-state index contributed by atoms with van der Waals surface area (Å²) in [5.41, 5.74) is 10.5. The van der Waals surface area contributed by atoms with Crippen molar-refractivity contribution in [2.45, 2.75) is 156 Å². The van der Waals surface area contributed by atoms with Crippen molar-refractivity contribution < 1.29 is 0 Å². The molecule has 0 fully saturated rings. The average molecular weight is 469 g/mol. The molecule has 0 aliphatic carbocycles. The second kappa shape index (κ2) is 29.9. The van der Waals surface area contributed by atoms with Gasteiger partial charge in [0.15, 0.2) is 0 Å². The molecule has 3 N–H and O–H groups in total. The molecule has 0 aromatic rings. The van der Waals surface area contributed by atoms with E-state index in [1.807, 2.05) is 0 Å². The van der Waals surface area contributed by atoms with E-state index in [2.05, 4.69) is 42.1 Å². The van der Waals surface area contributed by atoms with Crippen molar-refractivity contribution in [1.82, 2.24) is 21.3 Å². The number of nitrogens with zero attached hydrogens (tertiary/aromatic N) is 1. The van der Waals surface area contributed by atoms with Gasteiger partial charge in [0.05, 0.1) is 0 Å². The summed E-state index contributed by atoms with van der Waals surface area (Å²) in [7, 11) is 0. The molecule has 4 heteroatoms. The lowest BCUT2D eigenvalue weighted by Gasteiger charge is -2.23. The number of hydrazine groups is 2. The van der Waals surface area contributed by atoms with Crippen molar-refractivity contribution in [2.75, 3.05) is 32.7 Å². The van der Waals surface area contributed by atoms with Crippen LogP contribution < -0.4 is 16.3 Å². The summed E-state index contributed by atoms with van der Waals surface area (Å²) in [6.07, 6.45) is 29.3. The summed E-state index contributed by atoms with van der Waals surface area (Å²) in [5, 5.41) is 2.41. The molecular formula is C29H64N4. The van der Waals surface area contributed by atoms with Crippen LogP contribution in [0.15, 0.2) is 0 Å². The van der Waals surface area contributed by atoms with Crippen LogP contribution in [0.4, 0.5) is 0 Å². The van der Waals surface area contributed by atoms with Gasteiger partial charge in [-0.15, -0.1) is 0 Å². The minimum absolute atomic E-state index is 1.00. The van der Waals surface area contributed by atoms with Gasteiger partial charge in [-0.25, -0.2) is 5.01 Å². The smallest absolute Gasteiger partial charge is 0.0270 e. The number of hydrogen-bond donors (Lipinski definition) is 3. The third kappa shape index (κ3) is 28.0. The molecule has 0 spiro atoms. The van der Waals surface area contributed by atoms with Gasteiger partial charge in [-0.3, -0.25) is 16.3 Å². The molecule has 0 amide bonds. The van der Waals surface area contributed by atoms with Gasteiger partial charge in [0.2, 0.25) is 0 Å². The number of nitrogens with one attached hydrogen (secondary N) is 3. The first-order valence-corrected chi connectivity index (χ1v) is 15.3. The largest absolute Gasteiger partial charge is 0.258 e. The molecule has 0 heterocycles. The number of hydrogen-bond acceptors (Lipinski definition) is 4. The minimum Gasteiger partial charge on any atom is -0.258 e. The van der Waals surface area contributed by atoms with Crippen LogP contribution in [0.2, 0.25) is 0 Å². The fourth-order valence-electron chi connectivity index (χ4n) is 4.46. The van der Waals surface area contributed by atoms with Gasteiger partial charge >= 0.3 is 0 Å². The van der Waals surface area contributed by atoms with Crippen LogP contribution in [0.3, 0.4) is 0 Å². The highest BCUT2D eigenvalue weighted by molar-refractivity contribution is 4.56. The van der Waals surface area contributed by atoms with E-state index in [-0.39, 0.29) is 0 Å². The first-order valence-electron chi connectivity index (χ1n) is 15.3. The molecule has 0 saturated heterocycles. The highest BCUT2D eigenvalue weighted by Crippen LogP contribution is 2.11. The van der Waals surface area contributed by atoms with Crippen LogP contribution in [0.5, 0.6) is 0 Å². The molecule has 0 aliphatic rings. The maximum Gasteiger partial charge on any atom is 0.0270 e. The second-order valence-electron chi connectivity index (χ2n) is 10.1. The van der Waals surface area contributed by atoms with Gasteiger partial charge in [-0.2, -0.15) is 0 Å². The summed E-state index contributed by atoms with van der Waals surface area (Å²) in [6.45, 7) is 12.3. The van der Waals surface area contributed by atoms with E-state index in [1.165, 1.54) is 135 Å². The lowest BCUT2D eigenvalue weighted by atomic mass is 10.1. The Labute approximate surface area is 209 Å². The lowest BCUT2D eigenvalue weighted by molar-refractivity contribution is 0.184.